The van der Waals surface area contributed by atoms with Crippen molar-refractivity contribution in [2.45, 2.75) is 104 Å². The molecule has 0 unspecified atom stereocenters. The van der Waals surface area contributed by atoms with E-state index in [9.17, 15) is 9.59 Å². The van der Waals surface area contributed by atoms with E-state index in [0.29, 0.717) is 23.9 Å². The normalized spacial score (nSPS) is 12.1. The molecule has 0 fully saturated rings. The van der Waals surface area contributed by atoms with Crippen LogP contribution in [0.2, 0.25) is 0 Å². The Morgan fingerprint density at radius 2 is 1.70 bits per heavy atom. The Hall–Kier alpha value is -4.38. The molecule has 0 aliphatic rings. The number of nitrogens with zero attached hydrogens (tertiary/aromatic N) is 3. The third-order valence-electron chi connectivity index (χ3n) is 8.45. The van der Waals surface area contributed by atoms with E-state index in [1.54, 1.807) is 37.5 Å². The molecule has 2 heterocycles. The van der Waals surface area contributed by atoms with Gasteiger partial charge in [0.05, 0.1) is 25.8 Å². The first-order valence-corrected chi connectivity index (χ1v) is 18.2. The zero-order valence-electron chi connectivity index (χ0n) is 30.7. The first-order valence-electron chi connectivity index (χ1n) is 17.3. The number of fused-ring (bicyclic) bond motifs is 1. The van der Waals surface area contributed by atoms with Gasteiger partial charge < -0.3 is 29.5 Å². The van der Waals surface area contributed by atoms with Crippen LogP contribution in [0.3, 0.4) is 0 Å². The maximum absolute atomic E-state index is 12.7. The Labute approximate surface area is 300 Å². The maximum atomic E-state index is 12.7. The highest BCUT2D eigenvalue weighted by Crippen LogP contribution is 2.41. The van der Waals surface area contributed by atoms with Gasteiger partial charge >= 0.3 is 12.1 Å². The SMILES string of the molecule is COc1cc2c(N[C@@H](C)c3cc(-c4ccccc4CN(C)C(=O)OC(C)(C)C)cs3)nc(C)nc2c(CCCCCCCCC(=O)O)c1OC. The van der Waals surface area contributed by atoms with E-state index in [1.165, 1.54) is 0 Å². The van der Waals surface area contributed by atoms with Gasteiger partial charge in [-0.25, -0.2) is 14.8 Å². The molecule has 0 aliphatic heterocycles. The number of methoxy groups -OCH3 is 2. The lowest BCUT2D eigenvalue weighted by molar-refractivity contribution is -0.137. The van der Waals surface area contributed by atoms with Crippen LogP contribution < -0.4 is 14.8 Å². The molecule has 50 heavy (non-hydrogen) atoms. The predicted octanol–water partition coefficient (Wildman–Crippen LogP) is 9.58. The molecule has 0 aliphatic carbocycles. The molecule has 2 aromatic carbocycles. The second-order valence-electron chi connectivity index (χ2n) is 13.7. The molecule has 0 spiro atoms. The number of benzene rings is 2. The number of anilines is 1. The van der Waals surface area contributed by atoms with Gasteiger partial charge in [-0.05, 0) is 88.1 Å². The van der Waals surface area contributed by atoms with Gasteiger partial charge in [0.1, 0.15) is 17.2 Å². The van der Waals surface area contributed by atoms with Crippen LogP contribution in [0.25, 0.3) is 22.0 Å². The fourth-order valence-electron chi connectivity index (χ4n) is 6.00. The summed E-state index contributed by atoms with van der Waals surface area (Å²) in [5.41, 5.74) is 4.49. The average Bonchev–Trinajstić information content (AvgIpc) is 3.55. The number of unbranched alkanes of at least 4 members (excludes halogenated alkanes) is 5. The molecule has 270 valence electrons. The van der Waals surface area contributed by atoms with Crippen LogP contribution in [-0.2, 0) is 22.5 Å². The predicted molar refractivity (Wildman–Crippen MR) is 201 cm³/mol. The largest absolute Gasteiger partial charge is 0.493 e. The van der Waals surface area contributed by atoms with E-state index < -0.39 is 11.6 Å². The van der Waals surface area contributed by atoms with Crippen molar-refractivity contribution in [3.05, 3.63) is 63.6 Å². The number of hydrogen-bond donors (Lipinski definition) is 2. The van der Waals surface area contributed by atoms with Crippen LogP contribution in [0.15, 0.2) is 41.8 Å². The molecule has 1 amide bonds. The molecule has 1 atom stereocenters. The Balaban J connectivity index is 1.54. The van der Waals surface area contributed by atoms with Crippen LogP contribution in [0.4, 0.5) is 10.6 Å². The highest BCUT2D eigenvalue weighted by Gasteiger charge is 2.23. The number of carbonyl (C=O) groups excluding carboxylic acids is 1. The van der Waals surface area contributed by atoms with Gasteiger partial charge in [0.15, 0.2) is 11.5 Å². The van der Waals surface area contributed by atoms with Crippen molar-refractivity contribution in [2.75, 3.05) is 26.6 Å². The van der Waals surface area contributed by atoms with Crippen molar-refractivity contribution in [1.29, 1.82) is 0 Å². The minimum absolute atomic E-state index is 0.0551. The topological polar surface area (TPSA) is 123 Å². The second kappa shape index (κ2) is 17.5. The molecular formula is C39H52N4O6S. The van der Waals surface area contributed by atoms with Crippen molar-refractivity contribution in [2.24, 2.45) is 0 Å². The van der Waals surface area contributed by atoms with Crippen LogP contribution in [0, 0.1) is 6.92 Å². The summed E-state index contributed by atoms with van der Waals surface area (Å²) in [4.78, 5) is 35.9. The quantitative estimate of drug-likeness (QED) is 0.103. The molecule has 0 saturated carbocycles. The summed E-state index contributed by atoms with van der Waals surface area (Å²) >= 11 is 1.68. The Morgan fingerprint density at radius 3 is 2.38 bits per heavy atom. The lowest BCUT2D eigenvalue weighted by Crippen LogP contribution is -2.33. The van der Waals surface area contributed by atoms with Crippen LogP contribution in [0.1, 0.15) is 101 Å². The average molecular weight is 705 g/mol. The molecule has 2 N–H and O–H groups in total. The number of carboxylic acid groups (broad SMARTS) is 1. The van der Waals surface area contributed by atoms with E-state index in [0.717, 1.165) is 88.8 Å². The van der Waals surface area contributed by atoms with E-state index in [-0.39, 0.29) is 18.6 Å². The molecule has 0 radical (unpaired) electrons. The van der Waals surface area contributed by atoms with Crippen molar-refractivity contribution >= 4 is 40.1 Å². The number of carbonyl (C=O) groups is 2. The minimum atomic E-state index is -0.731. The Kier molecular flexibility index (Phi) is 13.5. The monoisotopic (exact) mass is 704 g/mol. The lowest BCUT2D eigenvalue weighted by Gasteiger charge is -2.25. The highest BCUT2D eigenvalue weighted by molar-refractivity contribution is 7.10. The molecular weight excluding hydrogens is 653 g/mol. The third-order valence-corrected chi connectivity index (χ3v) is 9.56. The van der Waals surface area contributed by atoms with Crippen molar-refractivity contribution < 1.29 is 28.9 Å². The van der Waals surface area contributed by atoms with Crippen molar-refractivity contribution in [3.63, 3.8) is 0 Å². The number of thiophene rings is 1. The number of hydrogen-bond acceptors (Lipinski definition) is 9. The molecule has 4 rings (SSSR count). The summed E-state index contributed by atoms with van der Waals surface area (Å²) < 4.78 is 17.2. The van der Waals surface area contributed by atoms with Crippen LogP contribution >= 0.6 is 11.3 Å². The zero-order valence-corrected chi connectivity index (χ0v) is 31.5. The summed E-state index contributed by atoms with van der Waals surface area (Å²) in [6.45, 7) is 10.1. The van der Waals surface area contributed by atoms with E-state index >= 15 is 0 Å². The van der Waals surface area contributed by atoms with Crippen LogP contribution in [-0.4, -0.2) is 58.9 Å². The highest BCUT2D eigenvalue weighted by atomic mass is 32.1. The maximum Gasteiger partial charge on any atom is 0.410 e. The number of nitrogens with one attached hydrogen (secondary N) is 1. The number of aromatic nitrogens is 2. The standard InChI is InChI=1S/C39H52N4O6S/c1-25(33-21-28(24-50-33)29-18-16-15-17-27(29)23-43(6)38(46)49-39(3,4)5)40-37-31-22-32(47-7)36(48-8)30(35(31)41-26(2)42-37)19-13-11-9-10-12-14-20-34(44)45/h15-18,21-22,24-25H,9-14,19-20,23H2,1-8H3,(H,44,45)(H,40,41,42)/t25-/m0/s1. The Morgan fingerprint density at radius 1 is 1.00 bits per heavy atom. The van der Waals surface area contributed by atoms with Gasteiger partial charge in [-0.1, -0.05) is 49.9 Å². The summed E-state index contributed by atoms with van der Waals surface area (Å²) in [6, 6.07) is 12.2. The summed E-state index contributed by atoms with van der Waals surface area (Å²) in [7, 11) is 5.06. The minimum Gasteiger partial charge on any atom is -0.493 e. The first kappa shape index (κ1) is 38.4. The van der Waals surface area contributed by atoms with Gasteiger partial charge in [0.2, 0.25) is 0 Å². The summed E-state index contributed by atoms with van der Waals surface area (Å²) in [5.74, 6) is 1.99. The fraction of sp³-hybridized carbons (Fsp3) is 0.487. The van der Waals surface area contributed by atoms with Gasteiger partial charge in [-0.2, -0.15) is 0 Å². The smallest absolute Gasteiger partial charge is 0.410 e. The van der Waals surface area contributed by atoms with Gasteiger partial charge in [-0.3, -0.25) is 4.79 Å². The molecule has 10 nitrogen and oxygen atoms in total. The number of ether oxygens (including phenoxy) is 3. The molecule has 0 saturated heterocycles. The van der Waals surface area contributed by atoms with Gasteiger partial charge in [-0.15, -0.1) is 11.3 Å². The van der Waals surface area contributed by atoms with E-state index in [1.807, 2.05) is 52.0 Å². The van der Waals surface area contributed by atoms with E-state index in [2.05, 4.69) is 29.8 Å². The number of amides is 1. The summed E-state index contributed by atoms with van der Waals surface area (Å²) in [6.07, 6.45) is 6.36. The number of aryl methyl sites for hydroxylation is 2. The van der Waals surface area contributed by atoms with Gasteiger partial charge in [0, 0.05) is 35.8 Å². The molecule has 4 aromatic rings. The lowest BCUT2D eigenvalue weighted by atomic mass is 10.00. The molecule has 0 bridgehead atoms. The van der Waals surface area contributed by atoms with Crippen molar-refractivity contribution in [3.8, 4) is 22.6 Å². The second-order valence-corrected chi connectivity index (χ2v) is 14.7. The molecule has 11 heteroatoms. The van der Waals surface area contributed by atoms with E-state index in [4.69, 9.17) is 29.3 Å². The Bertz CT molecular complexity index is 1770. The number of carboxylic acids is 1. The zero-order chi connectivity index (χ0) is 36.4. The van der Waals surface area contributed by atoms with Crippen LogP contribution in [0.5, 0.6) is 11.5 Å². The van der Waals surface area contributed by atoms with Crippen molar-refractivity contribution in [1.82, 2.24) is 14.9 Å². The third kappa shape index (κ3) is 10.3. The summed E-state index contributed by atoms with van der Waals surface area (Å²) in [5, 5.41) is 15.6. The number of aliphatic carboxylic acids is 1. The molecule has 2 aromatic heterocycles. The van der Waals surface area contributed by atoms with Gasteiger partial charge in [0.25, 0.3) is 0 Å². The fourth-order valence-corrected chi connectivity index (χ4v) is 6.92. The first-order chi connectivity index (χ1) is 23.8. The number of rotatable bonds is 17.